The first kappa shape index (κ1) is 14.7. The molecule has 3 N–H and O–H groups in total. The number of ether oxygens (including phenoxy) is 1. The van der Waals surface area contributed by atoms with Gasteiger partial charge in [-0.1, -0.05) is 18.2 Å². The lowest BCUT2D eigenvalue weighted by molar-refractivity contribution is 0.162. The molecule has 0 aliphatic heterocycles. The highest BCUT2D eigenvalue weighted by Gasteiger charge is 2.12. The molecule has 18 heavy (non-hydrogen) atoms. The summed E-state index contributed by atoms with van der Waals surface area (Å²) in [7, 11) is -3.52. The van der Waals surface area contributed by atoms with Crippen LogP contribution in [0.4, 0.5) is 5.69 Å². The first-order valence-electron chi connectivity index (χ1n) is 5.49. The van der Waals surface area contributed by atoms with E-state index >= 15 is 0 Å². The largest absolute Gasteiger partial charge is 0.399 e. The molecule has 0 unspecified atom stereocenters. The number of sulfonamides is 1. The molecular formula is C12H18N2O3S. The number of hydrogen-bond acceptors (Lipinski definition) is 4. The zero-order valence-electron chi connectivity index (χ0n) is 10.3. The van der Waals surface area contributed by atoms with E-state index < -0.39 is 10.0 Å². The average Bonchev–Trinajstić information content (AvgIpc) is 2.28. The smallest absolute Gasteiger partial charge is 0.240 e. The predicted molar refractivity (Wildman–Crippen MR) is 71.7 cm³/mol. The quantitative estimate of drug-likeness (QED) is 0.442. The Morgan fingerprint density at radius 3 is 2.83 bits per heavy atom. The van der Waals surface area contributed by atoms with Crippen LogP contribution in [0.15, 0.2) is 41.3 Å². The standard InChI is InChI=1S/C12H18N2O3S/c1-10(2)9-17-7-6-14-18(15,16)12-5-3-4-11(13)8-12/h3-5,8,14H,1,6-7,9,13H2,2H3. The lowest BCUT2D eigenvalue weighted by Gasteiger charge is -2.08. The van der Waals surface area contributed by atoms with Crippen LogP contribution in [0.25, 0.3) is 0 Å². The monoisotopic (exact) mass is 270 g/mol. The molecule has 0 bridgehead atoms. The van der Waals surface area contributed by atoms with Crippen LogP contribution in [0.3, 0.4) is 0 Å². The van der Waals surface area contributed by atoms with E-state index in [9.17, 15) is 8.42 Å². The SMILES string of the molecule is C=C(C)COCCNS(=O)(=O)c1cccc(N)c1. The summed E-state index contributed by atoms with van der Waals surface area (Å²) in [6.07, 6.45) is 0. The van der Waals surface area contributed by atoms with Crippen molar-refractivity contribution < 1.29 is 13.2 Å². The van der Waals surface area contributed by atoms with E-state index in [4.69, 9.17) is 10.5 Å². The molecule has 5 nitrogen and oxygen atoms in total. The van der Waals surface area contributed by atoms with Crippen LogP contribution < -0.4 is 10.5 Å². The molecule has 0 radical (unpaired) electrons. The van der Waals surface area contributed by atoms with Gasteiger partial charge in [-0.2, -0.15) is 0 Å². The fraction of sp³-hybridized carbons (Fsp3) is 0.333. The first-order valence-corrected chi connectivity index (χ1v) is 6.97. The Kier molecular flexibility index (Phi) is 5.33. The molecule has 1 aromatic rings. The minimum absolute atomic E-state index is 0.155. The highest BCUT2D eigenvalue weighted by atomic mass is 32.2. The van der Waals surface area contributed by atoms with Crippen molar-refractivity contribution in [3.63, 3.8) is 0 Å². The summed E-state index contributed by atoms with van der Waals surface area (Å²) in [5, 5.41) is 0. The minimum atomic E-state index is -3.52. The summed E-state index contributed by atoms with van der Waals surface area (Å²) in [6, 6.07) is 6.14. The van der Waals surface area contributed by atoms with E-state index in [1.807, 2.05) is 6.92 Å². The van der Waals surface area contributed by atoms with Crippen molar-refractivity contribution in [3.05, 3.63) is 36.4 Å². The molecule has 0 aromatic heterocycles. The molecule has 0 aliphatic carbocycles. The number of benzene rings is 1. The number of nitrogens with one attached hydrogen (secondary N) is 1. The van der Waals surface area contributed by atoms with Crippen molar-refractivity contribution in [2.24, 2.45) is 0 Å². The zero-order chi connectivity index (χ0) is 13.6. The van der Waals surface area contributed by atoms with Crippen LogP contribution in [-0.2, 0) is 14.8 Å². The van der Waals surface area contributed by atoms with Gasteiger partial charge >= 0.3 is 0 Å². The van der Waals surface area contributed by atoms with Gasteiger partial charge in [0.05, 0.1) is 18.1 Å². The topological polar surface area (TPSA) is 81.4 Å². The molecule has 1 aromatic carbocycles. The molecule has 0 fully saturated rings. The van der Waals surface area contributed by atoms with E-state index in [0.29, 0.717) is 18.9 Å². The molecule has 0 aliphatic rings. The summed E-state index contributed by atoms with van der Waals surface area (Å²) < 4.78 is 31.3. The second-order valence-corrected chi connectivity index (χ2v) is 5.75. The molecule has 0 saturated heterocycles. The van der Waals surface area contributed by atoms with Gasteiger partial charge in [-0.25, -0.2) is 13.1 Å². The molecule has 0 heterocycles. The van der Waals surface area contributed by atoms with Gasteiger partial charge in [0.2, 0.25) is 10.0 Å². The zero-order valence-corrected chi connectivity index (χ0v) is 11.2. The fourth-order valence-electron chi connectivity index (χ4n) is 1.26. The van der Waals surface area contributed by atoms with E-state index in [-0.39, 0.29) is 11.4 Å². The van der Waals surface area contributed by atoms with Gasteiger partial charge in [-0.05, 0) is 25.1 Å². The maximum absolute atomic E-state index is 11.8. The molecule has 0 atom stereocenters. The Morgan fingerprint density at radius 2 is 2.22 bits per heavy atom. The lowest BCUT2D eigenvalue weighted by atomic mass is 10.3. The van der Waals surface area contributed by atoms with Crippen molar-refractivity contribution in [3.8, 4) is 0 Å². The van der Waals surface area contributed by atoms with Gasteiger partial charge in [-0.15, -0.1) is 0 Å². The van der Waals surface area contributed by atoms with Crippen LogP contribution in [0.5, 0.6) is 0 Å². The Morgan fingerprint density at radius 1 is 1.50 bits per heavy atom. The van der Waals surface area contributed by atoms with Gasteiger partial charge in [-0.3, -0.25) is 0 Å². The Bertz CT molecular complexity index is 512. The normalized spacial score (nSPS) is 11.4. The van der Waals surface area contributed by atoms with Crippen LogP contribution in [-0.4, -0.2) is 28.2 Å². The molecule has 0 saturated carbocycles. The lowest BCUT2D eigenvalue weighted by Crippen LogP contribution is -2.27. The molecule has 0 spiro atoms. The van der Waals surface area contributed by atoms with Crippen molar-refractivity contribution in [2.75, 3.05) is 25.5 Å². The van der Waals surface area contributed by atoms with Crippen LogP contribution in [0, 0.1) is 0 Å². The molecule has 1 rings (SSSR count). The van der Waals surface area contributed by atoms with Gasteiger partial charge in [0.1, 0.15) is 0 Å². The first-order chi connectivity index (χ1) is 8.42. The second kappa shape index (κ2) is 6.53. The Labute approximate surface area is 108 Å². The number of rotatable bonds is 7. The average molecular weight is 270 g/mol. The van der Waals surface area contributed by atoms with Crippen LogP contribution >= 0.6 is 0 Å². The minimum Gasteiger partial charge on any atom is -0.399 e. The highest BCUT2D eigenvalue weighted by Crippen LogP contribution is 2.12. The predicted octanol–water partition coefficient (Wildman–Crippen LogP) is 1.14. The number of nitrogen functional groups attached to an aromatic ring is 1. The van der Waals surface area contributed by atoms with Gasteiger partial charge in [0.15, 0.2) is 0 Å². The highest BCUT2D eigenvalue weighted by molar-refractivity contribution is 7.89. The fourth-order valence-corrected chi connectivity index (χ4v) is 2.33. The van der Waals surface area contributed by atoms with Gasteiger partial charge in [0, 0.05) is 12.2 Å². The molecule has 0 amide bonds. The van der Waals surface area contributed by atoms with Crippen molar-refractivity contribution in [1.29, 1.82) is 0 Å². The molecular weight excluding hydrogens is 252 g/mol. The van der Waals surface area contributed by atoms with Crippen molar-refractivity contribution in [2.45, 2.75) is 11.8 Å². The van der Waals surface area contributed by atoms with E-state index in [2.05, 4.69) is 11.3 Å². The van der Waals surface area contributed by atoms with Crippen LogP contribution in [0.1, 0.15) is 6.92 Å². The van der Waals surface area contributed by atoms with Gasteiger partial charge < -0.3 is 10.5 Å². The summed E-state index contributed by atoms with van der Waals surface area (Å²) in [4.78, 5) is 0.155. The third-order valence-electron chi connectivity index (χ3n) is 2.06. The maximum Gasteiger partial charge on any atom is 0.240 e. The second-order valence-electron chi connectivity index (χ2n) is 3.98. The summed E-state index contributed by atoms with van der Waals surface area (Å²) in [6.45, 7) is 6.47. The number of hydrogen-bond donors (Lipinski definition) is 2. The van der Waals surface area contributed by atoms with Crippen LogP contribution in [0.2, 0.25) is 0 Å². The van der Waals surface area contributed by atoms with Crippen molar-refractivity contribution >= 4 is 15.7 Å². The summed E-state index contributed by atoms with van der Waals surface area (Å²) in [5.41, 5.74) is 6.85. The van der Waals surface area contributed by atoms with E-state index in [1.165, 1.54) is 12.1 Å². The van der Waals surface area contributed by atoms with E-state index in [1.54, 1.807) is 12.1 Å². The van der Waals surface area contributed by atoms with Gasteiger partial charge in [0.25, 0.3) is 0 Å². The molecule has 6 heteroatoms. The Balaban J connectivity index is 2.48. The van der Waals surface area contributed by atoms with E-state index in [0.717, 1.165) is 5.57 Å². The number of nitrogens with two attached hydrogens (primary N) is 1. The number of anilines is 1. The molecule has 100 valence electrons. The maximum atomic E-state index is 11.8. The summed E-state index contributed by atoms with van der Waals surface area (Å²) >= 11 is 0. The summed E-state index contributed by atoms with van der Waals surface area (Å²) in [5.74, 6) is 0. The third kappa shape index (κ3) is 4.87. The Hall–Kier alpha value is -1.37. The third-order valence-corrected chi connectivity index (χ3v) is 3.51. The van der Waals surface area contributed by atoms with Crippen molar-refractivity contribution in [1.82, 2.24) is 4.72 Å².